The fourth-order valence-corrected chi connectivity index (χ4v) is 5.09. The summed E-state index contributed by atoms with van der Waals surface area (Å²) in [6.07, 6.45) is 10.5. The minimum absolute atomic E-state index is 0.187. The van der Waals surface area contributed by atoms with Gasteiger partial charge in [0.1, 0.15) is 11.4 Å². The van der Waals surface area contributed by atoms with Crippen LogP contribution in [0.5, 0.6) is 5.75 Å². The Morgan fingerprint density at radius 2 is 1.86 bits per heavy atom. The number of sulfone groups is 1. The molecule has 1 saturated carbocycles. The molecule has 1 aliphatic rings. The topological polar surface area (TPSA) is 72.0 Å². The summed E-state index contributed by atoms with van der Waals surface area (Å²) in [5.74, 6) is 1.62. The predicted octanol–water partition coefficient (Wildman–Crippen LogP) is 5.08. The molecule has 4 rings (SSSR count). The minimum atomic E-state index is -3.20. The van der Waals surface area contributed by atoms with E-state index >= 15 is 0 Å². The highest BCUT2D eigenvalue weighted by atomic mass is 32.2. The Bertz CT molecular complexity index is 1080. The average molecular weight is 413 g/mol. The standard InChI is InChI=1S/C23H28N2O3S/c1-28-19-13-18-14-22(25-23(18)24-15-19)21(12-16-6-4-3-5-7-16)17-8-10-20(11-9-17)29(2,26)27/h8-11,13-16,21H,3-7,12H2,1-2H3,(H,24,25)/t21-/m1/s1. The van der Waals surface area contributed by atoms with Gasteiger partial charge in [0.15, 0.2) is 9.84 Å². The van der Waals surface area contributed by atoms with Gasteiger partial charge >= 0.3 is 0 Å². The number of pyridine rings is 1. The lowest BCUT2D eigenvalue weighted by Crippen LogP contribution is -2.13. The van der Waals surface area contributed by atoms with E-state index in [0.717, 1.165) is 34.5 Å². The van der Waals surface area contributed by atoms with Crippen LogP contribution in [0.2, 0.25) is 0 Å². The second-order valence-electron chi connectivity index (χ2n) is 8.17. The van der Waals surface area contributed by atoms with Crippen molar-refractivity contribution in [3.05, 3.63) is 53.9 Å². The van der Waals surface area contributed by atoms with Crippen LogP contribution in [0.25, 0.3) is 11.0 Å². The molecule has 0 spiro atoms. The zero-order chi connectivity index (χ0) is 20.4. The molecular weight excluding hydrogens is 384 g/mol. The Labute approximate surface area is 172 Å². The van der Waals surface area contributed by atoms with Crippen molar-refractivity contribution in [2.45, 2.75) is 49.3 Å². The molecule has 0 unspecified atom stereocenters. The van der Waals surface area contributed by atoms with E-state index in [1.54, 1.807) is 25.4 Å². The Morgan fingerprint density at radius 3 is 2.52 bits per heavy atom. The van der Waals surface area contributed by atoms with Gasteiger partial charge in [0.05, 0.1) is 18.2 Å². The summed E-state index contributed by atoms with van der Waals surface area (Å²) in [7, 11) is -1.55. The maximum atomic E-state index is 11.9. The van der Waals surface area contributed by atoms with Crippen LogP contribution in [0.4, 0.5) is 0 Å². The number of rotatable bonds is 6. The van der Waals surface area contributed by atoms with Gasteiger partial charge in [-0.15, -0.1) is 0 Å². The molecule has 1 fully saturated rings. The fourth-order valence-electron chi connectivity index (χ4n) is 4.46. The van der Waals surface area contributed by atoms with Gasteiger partial charge in [-0.1, -0.05) is 44.2 Å². The number of ether oxygens (including phenoxy) is 1. The molecule has 1 atom stereocenters. The van der Waals surface area contributed by atoms with Gasteiger partial charge in [-0.05, 0) is 42.2 Å². The molecule has 29 heavy (non-hydrogen) atoms. The second-order valence-corrected chi connectivity index (χ2v) is 10.2. The van der Waals surface area contributed by atoms with Crippen LogP contribution in [0, 0.1) is 5.92 Å². The van der Waals surface area contributed by atoms with E-state index in [1.165, 1.54) is 38.4 Å². The lowest BCUT2D eigenvalue weighted by atomic mass is 9.79. The van der Waals surface area contributed by atoms with Crippen molar-refractivity contribution in [2.75, 3.05) is 13.4 Å². The smallest absolute Gasteiger partial charge is 0.175 e. The highest BCUT2D eigenvalue weighted by molar-refractivity contribution is 7.90. The molecule has 6 heteroatoms. The van der Waals surface area contributed by atoms with E-state index in [1.807, 2.05) is 18.2 Å². The first kappa shape index (κ1) is 20.0. The largest absolute Gasteiger partial charge is 0.495 e. The fraction of sp³-hybridized carbons (Fsp3) is 0.435. The number of fused-ring (bicyclic) bond motifs is 1. The summed E-state index contributed by atoms with van der Waals surface area (Å²) in [5.41, 5.74) is 3.11. The predicted molar refractivity (Wildman–Crippen MR) is 115 cm³/mol. The van der Waals surface area contributed by atoms with E-state index in [2.05, 4.69) is 16.0 Å². The molecular formula is C23H28N2O3S. The molecule has 1 N–H and O–H groups in total. The molecule has 0 saturated heterocycles. The van der Waals surface area contributed by atoms with Gasteiger partial charge in [-0.2, -0.15) is 0 Å². The van der Waals surface area contributed by atoms with Crippen LogP contribution in [0.1, 0.15) is 55.7 Å². The molecule has 0 radical (unpaired) electrons. The lowest BCUT2D eigenvalue weighted by Gasteiger charge is -2.26. The monoisotopic (exact) mass is 412 g/mol. The number of hydrogen-bond donors (Lipinski definition) is 1. The molecule has 154 valence electrons. The summed E-state index contributed by atoms with van der Waals surface area (Å²) in [6.45, 7) is 0. The van der Waals surface area contributed by atoms with Crippen molar-refractivity contribution in [2.24, 2.45) is 5.92 Å². The maximum absolute atomic E-state index is 11.9. The summed E-state index contributed by atoms with van der Waals surface area (Å²) < 4.78 is 29.0. The van der Waals surface area contributed by atoms with Gasteiger partial charge in [0.2, 0.25) is 0 Å². The van der Waals surface area contributed by atoms with Crippen molar-refractivity contribution in [3.8, 4) is 5.75 Å². The molecule has 1 aromatic carbocycles. The van der Waals surface area contributed by atoms with Crippen LogP contribution < -0.4 is 4.74 Å². The number of methoxy groups -OCH3 is 1. The van der Waals surface area contributed by atoms with E-state index in [0.29, 0.717) is 10.8 Å². The third-order valence-electron chi connectivity index (χ3n) is 6.08. The number of benzene rings is 1. The number of nitrogens with one attached hydrogen (secondary N) is 1. The van der Waals surface area contributed by atoms with E-state index in [9.17, 15) is 8.42 Å². The van der Waals surface area contributed by atoms with Crippen molar-refractivity contribution in [1.29, 1.82) is 0 Å². The number of H-pyrrole nitrogens is 1. The van der Waals surface area contributed by atoms with Crippen LogP contribution >= 0.6 is 0 Å². The van der Waals surface area contributed by atoms with Crippen LogP contribution in [0.3, 0.4) is 0 Å². The van der Waals surface area contributed by atoms with Crippen LogP contribution in [-0.2, 0) is 9.84 Å². The summed E-state index contributed by atoms with van der Waals surface area (Å²) in [5, 5.41) is 1.03. The van der Waals surface area contributed by atoms with Gasteiger partial charge in [0.25, 0.3) is 0 Å². The Hall–Kier alpha value is -2.34. The highest BCUT2D eigenvalue weighted by Crippen LogP contribution is 2.38. The van der Waals surface area contributed by atoms with E-state index < -0.39 is 9.84 Å². The van der Waals surface area contributed by atoms with Gasteiger partial charge in [-0.25, -0.2) is 13.4 Å². The molecule has 2 heterocycles. The Morgan fingerprint density at radius 1 is 1.14 bits per heavy atom. The summed E-state index contributed by atoms with van der Waals surface area (Å²) in [4.78, 5) is 8.34. The van der Waals surface area contributed by atoms with Crippen molar-refractivity contribution in [1.82, 2.24) is 9.97 Å². The first-order valence-electron chi connectivity index (χ1n) is 10.3. The molecule has 0 bridgehead atoms. The first-order chi connectivity index (χ1) is 13.9. The van der Waals surface area contributed by atoms with Gasteiger partial charge in [0, 0.05) is 23.3 Å². The van der Waals surface area contributed by atoms with Crippen molar-refractivity contribution in [3.63, 3.8) is 0 Å². The third kappa shape index (κ3) is 4.47. The third-order valence-corrected chi connectivity index (χ3v) is 7.21. The SMILES string of the molecule is COc1cnc2[nH]c([C@H](CC3CCCCC3)c3ccc(S(C)(=O)=O)cc3)cc2c1. The minimum Gasteiger partial charge on any atom is -0.495 e. The summed E-state index contributed by atoms with van der Waals surface area (Å²) >= 11 is 0. The zero-order valence-corrected chi connectivity index (χ0v) is 17.8. The Balaban J connectivity index is 1.71. The van der Waals surface area contributed by atoms with Crippen LogP contribution in [-0.4, -0.2) is 31.8 Å². The molecule has 1 aliphatic carbocycles. The number of aromatic nitrogens is 2. The van der Waals surface area contributed by atoms with Gasteiger partial charge < -0.3 is 9.72 Å². The van der Waals surface area contributed by atoms with Crippen molar-refractivity contribution < 1.29 is 13.2 Å². The maximum Gasteiger partial charge on any atom is 0.175 e. The molecule has 0 amide bonds. The number of nitrogens with zero attached hydrogens (tertiary/aromatic N) is 1. The highest BCUT2D eigenvalue weighted by Gasteiger charge is 2.24. The first-order valence-corrected chi connectivity index (χ1v) is 12.2. The summed E-state index contributed by atoms with van der Waals surface area (Å²) in [6, 6.07) is 11.5. The Kier molecular flexibility index (Phi) is 5.63. The second kappa shape index (κ2) is 8.19. The average Bonchev–Trinajstić information content (AvgIpc) is 3.15. The van der Waals surface area contributed by atoms with E-state index in [-0.39, 0.29) is 5.92 Å². The van der Waals surface area contributed by atoms with Crippen molar-refractivity contribution >= 4 is 20.9 Å². The lowest BCUT2D eigenvalue weighted by molar-refractivity contribution is 0.326. The number of aromatic amines is 1. The molecule has 0 aliphatic heterocycles. The molecule has 5 nitrogen and oxygen atoms in total. The molecule has 2 aromatic heterocycles. The zero-order valence-electron chi connectivity index (χ0n) is 17.0. The quantitative estimate of drug-likeness (QED) is 0.613. The molecule has 3 aromatic rings. The van der Waals surface area contributed by atoms with Gasteiger partial charge in [-0.3, -0.25) is 0 Å². The number of hydrogen-bond acceptors (Lipinski definition) is 4. The van der Waals surface area contributed by atoms with E-state index in [4.69, 9.17) is 4.74 Å². The van der Waals surface area contributed by atoms with Crippen LogP contribution in [0.15, 0.2) is 47.5 Å². The normalized spacial score (nSPS) is 16.8.